The van der Waals surface area contributed by atoms with Crippen LogP contribution in [0, 0.1) is 5.92 Å². The molecular formula is C32H35N5O4S. The Balaban J connectivity index is 1.32. The number of aromatic nitrogens is 3. The lowest BCUT2D eigenvalue weighted by atomic mass is 9.82. The quantitative estimate of drug-likeness (QED) is 0.328. The van der Waals surface area contributed by atoms with Gasteiger partial charge < -0.3 is 14.8 Å². The fourth-order valence-electron chi connectivity index (χ4n) is 5.24. The molecule has 1 aliphatic rings. The van der Waals surface area contributed by atoms with Crippen LogP contribution in [0.15, 0.2) is 82.9 Å². The number of nitrogens with zero attached hydrogens (tertiary/aromatic N) is 4. The van der Waals surface area contributed by atoms with Crippen molar-refractivity contribution in [2.45, 2.75) is 44.7 Å². The van der Waals surface area contributed by atoms with Gasteiger partial charge in [0, 0.05) is 73.9 Å². The summed E-state index contributed by atoms with van der Waals surface area (Å²) in [7, 11) is -1.55. The van der Waals surface area contributed by atoms with Crippen LogP contribution in [-0.2, 0) is 30.0 Å². The number of anilines is 1. The molecule has 10 heteroatoms. The third-order valence-corrected chi connectivity index (χ3v) is 9.59. The van der Waals surface area contributed by atoms with Gasteiger partial charge in [0.1, 0.15) is 0 Å². The molecule has 1 amide bonds. The monoisotopic (exact) mass is 585 g/mol. The first kappa shape index (κ1) is 29.2. The molecule has 0 saturated heterocycles. The van der Waals surface area contributed by atoms with Gasteiger partial charge in [-0.25, -0.2) is 18.4 Å². The Morgan fingerprint density at radius 3 is 2.38 bits per heavy atom. The van der Waals surface area contributed by atoms with Crippen LogP contribution in [0.3, 0.4) is 0 Å². The summed E-state index contributed by atoms with van der Waals surface area (Å²) in [6, 6.07) is 15.8. The number of amides is 1. The number of nitrogens with one attached hydrogen (secondary N) is 1. The van der Waals surface area contributed by atoms with Crippen molar-refractivity contribution in [1.82, 2.24) is 19.9 Å². The third-order valence-electron chi connectivity index (χ3n) is 7.84. The van der Waals surface area contributed by atoms with Crippen molar-refractivity contribution >= 4 is 21.7 Å². The van der Waals surface area contributed by atoms with Gasteiger partial charge in [-0.1, -0.05) is 39.0 Å². The van der Waals surface area contributed by atoms with E-state index < -0.39 is 9.84 Å². The van der Waals surface area contributed by atoms with E-state index in [9.17, 15) is 18.0 Å². The molecule has 218 valence electrons. The van der Waals surface area contributed by atoms with Crippen molar-refractivity contribution < 1.29 is 13.2 Å². The number of aryl methyl sites for hydroxylation is 1. The van der Waals surface area contributed by atoms with Crippen molar-refractivity contribution in [3.05, 3.63) is 106 Å². The number of benzene rings is 2. The number of hydrogen-bond donors (Lipinski definition) is 1. The van der Waals surface area contributed by atoms with Crippen LogP contribution in [0.4, 0.5) is 5.95 Å². The van der Waals surface area contributed by atoms with Crippen molar-refractivity contribution in [1.29, 1.82) is 0 Å². The van der Waals surface area contributed by atoms with Crippen LogP contribution in [0.1, 0.15) is 53.7 Å². The van der Waals surface area contributed by atoms with Crippen LogP contribution in [0.5, 0.6) is 0 Å². The van der Waals surface area contributed by atoms with Gasteiger partial charge in [0.25, 0.3) is 5.91 Å². The molecule has 42 heavy (non-hydrogen) atoms. The van der Waals surface area contributed by atoms with E-state index >= 15 is 0 Å². The normalized spacial score (nSPS) is 15.0. The number of carbonyl (C=O) groups excluding carboxylic acids is 1. The molecule has 0 aliphatic carbocycles. The van der Waals surface area contributed by atoms with Crippen LogP contribution in [-0.4, -0.2) is 41.2 Å². The number of carbonyl (C=O) groups is 1. The highest BCUT2D eigenvalue weighted by Gasteiger charge is 2.29. The van der Waals surface area contributed by atoms with E-state index in [4.69, 9.17) is 0 Å². The van der Waals surface area contributed by atoms with Crippen LogP contribution in [0.2, 0.25) is 0 Å². The maximum atomic E-state index is 13.1. The highest BCUT2D eigenvalue weighted by atomic mass is 32.2. The second-order valence-electron chi connectivity index (χ2n) is 11.0. The minimum atomic E-state index is -3.26. The molecule has 0 spiro atoms. The van der Waals surface area contributed by atoms with Gasteiger partial charge >= 0.3 is 0 Å². The molecule has 0 fully saturated rings. The second kappa shape index (κ2) is 11.9. The number of rotatable bonds is 8. The van der Waals surface area contributed by atoms with Gasteiger partial charge in [-0.2, -0.15) is 0 Å². The first-order valence-corrected chi connectivity index (χ1v) is 15.7. The van der Waals surface area contributed by atoms with Crippen molar-refractivity contribution in [3.8, 4) is 11.1 Å². The largest absolute Gasteiger partial charge is 0.348 e. The van der Waals surface area contributed by atoms with Crippen molar-refractivity contribution in [3.63, 3.8) is 0 Å². The zero-order valence-corrected chi connectivity index (χ0v) is 25.1. The standard InChI is InChI=1S/C32H35N5O4S/c1-5-42(40,41)27-10-6-22(7-11-27)15-33-31(39)23-8-12-28-25(14-23)19-37(20-29(28)21(2)3)32-34-16-26(17-35-32)24-9-13-30(38)36(4)18-24/h6-14,16-18,21,29H,5,15,19-20H2,1-4H3,(H,33,39). The Hall–Kier alpha value is -4.31. The predicted molar refractivity (Wildman–Crippen MR) is 163 cm³/mol. The lowest BCUT2D eigenvalue weighted by molar-refractivity contribution is 0.0950. The summed E-state index contributed by atoms with van der Waals surface area (Å²) in [6.07, 6.45) is 5.32. The molecule has 5 rings (SSSR count). The lowest BCUT2D eigenvalue weighted by Gasteiger charge is -2.37. The van der Waals surface area contributed by atoms with Crippen molar-refractivity contribution in [2.75, 3.05) is 17.2 Å². The first-order valence-electron chi connectivity index (χ1n) is 14.0. The Labute approximate surface area is 246 Å². The predicted octanol–water partition coefficient (Wildman–Crippen LogP) is 4.33. The van der Waals surface area contributed by atoms with Gasteiger partial charge in [-0.05, 0) is 52.9 Å². The number of fused-ring (bicyclic) bond motifs is 1. The SMILES string of the molecule is CCS(=O)(=O)c1ccc(CNC(=O)c2ccc3c(c2)CN(c2ncc(-c4ccc(=O)n(C)c4)cn2)CC3C(C)C)cc1. The first-order chi connectivity index (χ1) is 20.1. The third kappa shape index (κ3) is 6.13. The fraction of sp³-hybridized carbons (Fsp3) is 0.312. The van der Waals surface area contributed by atoms with Crippen LogP contribution < -0.4 is 15.8 Å². The summed E-state index contributed by atoms with van der Waals surface area (Å²) in [5, 5.41) is 2.95. The highest BCUT2D eigenvalue weighted by Crippen LogP contribution is 2.35. The fourth-order valence-corrected chi connectivity index (χ4v) is 6.12. The van der Waals surface area contributed by atoms with E-state index in [0.717, 1.165) is 28.8 Å². The molecule has 3 heterocycles. The summed E-state index contributed by atoms with van der Waals surface area (Å²) in [5.41, 5.74) is 5.29. The molecule has 1 N–H and O–H groups in total. The number of sulfone groups is 1. The van der Waals surface area contributed by atoms with E-state index in [0.29, 0.717) is 30.5 Å². The smallest absolute Gasteiger partial charge is 0.251 e. The Morgan fingerprint density at radius 1 is 1.02 bits per heavy atom. The van der Waals surface area contributed by atoms with E-state index in [1.807, 2.05) is 12.1 Å². The molecule has 2 aromatic carbocycles. The number of pyridine rings is 1. The molecule has 9 nitrogen and oxygen atoms in total. The summed E-state index contributed by atoms with van der Waals surface area (Å²) in [4.78, 5) is 36.6. The minimum Gasteiger partial charge on any atom is -0.348 e. The molecule has 0 bridgehead atoms. The molecule has 4 aromatic rings. The van der Waals surface area contributed by atoms with E-state index in [2.05, 4.69) is 40.1 Å². The van der Waals surface area contributed by atoms with E-state index in [1.165, 1.54) is 16.2 Å². The van der Waals surface area contributed by atoms with E-state index in [-0.39, 0.29) is 28.0 Å². The van der Waals surface area contributed by atoms with Gasteiger partial charge in [0.2, 0.25) is 11.5 Å². The molecular weight excluding hydrogens is 550 g/mol. The maximum Gasteiger partial charge on any atom is 0.251 e. The molecule has 1 unspecified atom stereocenters. The van der Waals surface area contributed by atoms with Gasteiger partial charge in [-0.15, -0.1) is 0 Å². The Bertz CT molecular complexity index is 1760. The van der Waals surface area contributed by atoms with Crippen LogP contribution >= 0.6 is 0 Å². The average molecular weight is 586 g/mol. The van der Waals surface area contributed by atoms with E-state index in [1.54, 1.807) is 62.9 Å². The van der Waals surface area contributed by atoms with Crippen molar-refractivity contribution in [2.24, 2.45) is 13.0 Å². The number of hydrogen-bond acceptors (Lipinski definition) is 7. The summed E-state index contributed by atoms with van der Waals surface area (Å²) in [6.45, 7) is 7.63. The summed E-state index contributed by atoms with van der Waals surface area (Å²) < 4.78 is 25.7. The maximum absolute atomic E-state index is 13.1. The zero-order chi connectivity index (χ0) is 30.0. The Morgan fingerprint density at radius 2 is 1.74 bits per heavy atom. The zero-order valence-electron chi connectivity index (χ0n) is 24.2. The molecule has 2 aromatic heterocycles. The topological polar surface area (TPSA) is 114 Å². The Kier molecular flexibility index (Phi) is 8.27. The summed E-state index contributed by atoms with van der Waals surface area (Å²) >= 11 is 0. The molecule has 1 aliphatic heterocycles. The van der Waals surface area contributed by atoms with Crippen LogP contribution in [0.25, 0.3) is 11.1 Å². The molecule has 1 atom stereocenters. The average Bonchev–Trinajstić information content (AvgIpc) is 3.00. The lowest BCUT2D eigenvalue weighted by Crippen LogP contribution is -2.37. The minimum absolute atomic E-state index is 0.0464. The van der Waals surface area contributed by atoms with Gasteiger partial charge in [0.05, 0.1) is 10.6 Å². The molecule has 0 saturated carbocycles. The highest BCUT2D eigenvalue weighted by molar-refractivity contribution is 7.91. The van der Waals surface area contributed by atoms with Gasteiger partial charge in [-0.3, -0.25) is 9.59 Å². The summed E-state index contributed by atoms with van der Waals surface area (Å²) in [5.74, 6) is 1.08. The second-order valence-corrected chi connectivity index (χ2v) is 13.3. The van der Waals surface area contributed by atoms with Gasteiger partial charge in [0.15, 0.2) is 9.84 Å². The molecule has 0 radical (unpaired) electrons.